The maximum atomic E-state index is 12.6. The Hall–Kier alpha value is -2.71. The van der Waals surface area contributed by atoms with E-state index in [1.165, 1.54) is 25.7 Å². The molecule has 0 radical (unpaired) electrons. The summed E-state index contributed by atoms with van der Waals surface area (Å²) < 4.78 is 17.0. The van der Waals surface area contributed by atoms with Crippen LogP contribution in [-0.4, -0.2) is 75.5 Å². The smallest absolute Gasteiger partial charge is 0.306 e. The molecule has 0 amide bonds. The van der Waals surface area contributed by atoms with Crippen molar-refractivity contribution in [3.05, 3.63) is 48.6 Å². The number of nitrogens with zero attached hydrogens (tertiary/aromatic N) is 1. The minimum absolute atomic E-state index is 0.0221. The molecule has 0 saturated heterocycles. The summed E-state index contributed by atoms with van der Waals surface area (Å²) in [6.07, 6.45) is 31.5. The van der Waals surface area contributed by atoms with Crippen LogP contribution in [-0.2, 0) is 28.6 Å². The molecular weight excluding hydrogens is 582 g/mol. The van der Waals surface area contributed by atoms with Crippen molar-refractivity contribution in [3.8, 4) is 0 Å². The highest BCUT2D eigenvalue weighted by molar-refractivity contribution is 5.70. The Labute approximate surface area is 280 Å². The highest BCUT2D eigenvalue weighted by Crippen LogP contribution is 2.11. The Morgan fingerprint density at radius 3 is 1.91 bits per heavy atom. The zero-order chi connectivity index (χ0) is 34.3. The van der Waals surface area contributed by atoms with Gasteiger partial charge in [0.2, 0.25) is 0 Å². The molecule has 0 aliphatic carbocycles. The summed E-state index contributed by atoms with van der Waals surface area (Å²) in [6.45, 7) is 4.40. The van der Waals surface area contributed by atoms with Crippen molar-refractivity contribution in [3.63, 3.8) is 0 Å². The quantitative estimate of drug-likeness (QED) is 0.0268. The van der Waals surface area contributed by atoms with E-state index in [1.807, 2.05) is 12.2 Å². The molecule has 0 aromatic rings. The van der Waals surface area contributed by atoms with Crippen LogP contribution in [0.4, 0.5) is 0 Å². The maximum Gasteiger partial charge on any atom is 0.306 e. The molecule has 0 aliphatic heterocycles. The standard InChI is InChI=1S/C38H65NO7/c1-6-8-10-12-14-16-17-18-19-21-23-25-27-29-37(41)46-34(32-44-31-30-35(38(42)43)39(3,4)5)33-45-36(40)28-26-24-22-20-15-13-11-9-7-2/h8,10,12,14,16-17,20,22,34-35H,6-7,9,11,13,15,18-19,21,23-33H2,1-5H3/b10-8+,14-12+,17-16+,22-20+. The van der Waals surface area contributed by atoms with Gasteiger partial charge in [-0.05, 0) is 51.4 Å². The largest absolute Gasteiger partial charge is 0.544 e. The summed E-state index contributed by atoms with van der Waals surface area (Å²) in [5.41, 5.74) is 0. The normalized spacial score (nSPS) is 13.7. The Balaban J connectivity index is 4.54. The summed E-state index contributed by atoms with van der Waals surface area (Å²) in [4.78, 5) is 36.5. The number of esters is 2. The average Bonchev–Trinajstić information content (AvgIpc) is 3.00. The van der Waals surface area contributed by atoms with Gasteiger partial charge in [-0.25, -0.2) is 0 Å². The minimum Gasteiger partial charge on any atom is -0.544 e. The van der Waals surface area contributed by atoms with Crippen LogP contribution in [0, 0.1) is 0 Å². The molecule has 0 aromatic heterocycles. The number of allylic oxidation sites excluding steroid dienone is 8. The van der Waals surface area contributed by atoms with Gasteiger partial charge >= 0.3 is 11.9 Å². The third-order valence-electron chi connectivity index (χ3n) is 7.51. The lowest BCUT2D eigenvalue weighted by Gasteiger charge is -2.34. The van der Waals surface area contributed by atoms with Crippen molar-refractivity contribution in [2.45, 2.75) is 135 Å². The number of likely N-dealkylation sites (N-methyl/N-ethyl adjacent to an activating group) is 1. The van der Waals surface area contributed by atoms with Crippen LogP contribution in [0.5, 0.6) is 0 Å². The van der Waals surface area contributed by atoms with E-state index < -0.39 is 18.1 Å². The van der Waals surface area contributed by atoms with Gasteiger partial charge in [-0.3, -0.25) is 9.59 Å². The SMILES string of the molecule is CC/C=C/C=C/C=C/CCCCCCCC(=O)OC(COCCC(C(=O)[O-])[N+](C)(C)C)COC(=O)CCC/C=C/CCCCCC. The van der Waals surface area contributed by atoms with Crippen molar-refractivity contribution in [1.29, 1.82) is 0 Å². The molecule has 0 aromatic carbocycles. The number of carbonyl (C=O) groups is 3. The van der Waals surface area contributed by atoms with E-state index in [0.717, 1.165) is 57.8 Å². The van der Waals surface area contributed by atoms with Crippen LogP contribution in [0.3, 0.4) is 0 Å². The average molecular weight is 648 g/mol. The van der Waals surface area contributed by atoms with Crippen molar-refractivity contribution >= 4 is 17.9 Å². The van der Waals surface area contributed by atoms with Gasteiger partial charge in [0.05, 0.1) is 40.3 Å². The summed E-state index contributed by atoms with van der Waals surface area (Å²) >= 11 is 0. The first-order valence-electron chi connectivity index (χ1n) is 17.7. The molecule has 0 N–H and O–H groups in total. The fraction of sp³-hybridized carbons (Fsp3) is 0.711. The third kappa shape index (κ3) is 27.6. The number of carboxylic acid groups (broad SMARTS) is 1. The predicted octanol–water partition coefficient (Wildman–Crippen LogP) is 7.18. The first-order valence-corrected chi connectivity index (χ1v) is 17.7. The Morgan fingerprint density at radius 1 is 0.674 bits per heavy atom. The lowest BCUT2D eigenvalue weighted by atomic mass is 10.1. The molecular formula is C38H65NO7. The molecule has 0 heterocycles. The molecule has 2 atom stereocenters. The molecule has 0 bridgehead atoms. The lowest BCUT2D eigenvalue weighted by molar-refractivity contribution is -0.889. The monoisotopic (exact) mass is 647 g/mol. The molecule has 0 spiro atoms. The number of quaternary nitrogens is 1. The van der Waals surface area contributed by atoms with Gasteiger partial charge in [0.25, 0.3) is 0 Å². The first-order chi connectivity index (χ1) is 22.1. The fourth-order valence-corrected chi connectivity index (χ4v) is 4.72. The van der Waals surface area contributed by atoms with Crippen LogP contribution in [0.25, 0.3) is 0 Å². The van der Waals surface area contributed by atoms with Gasteiger partial charge < -0.3 is 28.6 Å². The van der Waals surface area contributed by atoms with Crippen LogP contribution < -0.4 is 5.11 Å². The van der Waals surface area contributed by atoms with Gasteiger partial charge in [0, 0.05) is 19.3 Å². The van der Waals surface area contributed by atoms with E-state index >= 15 is 0 Å². The van der Waals surface area contributed by atoms with E-state index in [4.69, 9.17) is 14.2 Å². The summed E-state index contributed by atoms with van der Waals surface area (Å²) in [5, 5.41) is 11.5. The second-order valence-corrected chi connectivity index (χ2v) is 12.8. The highest BCUT2D eigenvalue weighted by atomic mass is 16.6. The molecule has 0 saturated carbocycles. The van der Waals surface area contributed by atoms with Crippen LogP contribution in [0.15, 0.2) is 48.6 Å². The van der Waals surface area contributed by atoms with Crippen molar-refractivity contribution in [1.82, 2.24) is 0 Å². The maximum absolute atomic E-state index is 12.6. The van der Waals surface area contributed by atoms with E-state index in [0.29, 0.717) is 19.3 Å². The first kappa shape index (κ1) is 43.3. The van der Waals surface area contributed by atoms with Crippen LogP contribution in [0.2, 0.25) is 0 Å². The molecule has 264 valence electrons. The Bertz CT molecular complexity index is 901. The van der Waals surface area contributed by atoms with Crippen molar-refractivity contribution in [2.75, 3.05) is 41.0 Å². The summed E-state index contributed by atoms with van der Waals surface area (Å²) in [5.74, 6) is -1.82. The van der Waals surface area contributed by atoms with Crippen LogP contribution >= 0.6 is 0 Å². The molecule has 0 rings (SSSR count). The number of unbranched alkanes of at least 4 members (excludes halogenated alkanes) is 10. The number of hydrogen-bond donors (Lipinski definition) is 0. The number of aliphatic carboxylic acids is 1. The minimum atomic E-state index is -1.14. The van der Waals surface area contributed by atoms with Crippen LogP contribution in [0.1, 0.15) is 123 Å². The zero-order valence-electron chi connectivity index (χ0n) is 29.7. The van der Waals surface area contributed by atoms with Gasteiger partial charge in [0.15, 0.2) is 6.10 Å². The summed E-state index contributed by atoms with van der Waals surface area (Å²) in [7, 11) is 5.37. The molecule has 0 aliphatic rings. The molecule has 8 heteroatoms. The number of rotatable bonds is 30. The Kier molecular flexibility index (Phi) is 27.9. The Morgan fingerprint density at radius 2 is 1.26 bits per heavy atom. The number of hydrogen-bond acceptors (Lipinski definition) is 7. The zero-order valence-corrected chi connectivity index (χ0v) is 29.7. The van der Waals surface area contributed by atoms with Gasteiger partial charge in [-0.2, -0.15) is 0 Å². The van der Waals surface area contributed by atoms with E-state index in [2.05, 4.69) is 50.3 Å². The van der Waals surface area contributed by atoms with E-state index in [1.54, 1.807) is 21.1 Å². The number of ether oxygens (including phenoxy) is 3. The van der Waals surface area contributed by atoms with E-state index in [-0.39, 0.29) is 42.7 Å². The number of carboxylic acids is 1. The summed E-state index contributed by atoms with van der Waals surface area (Å²) in [6, 6.07) is -0.731. The highest BCUT2D eigenvalue weighted by Gasteiger charge is 2.25. The second-order valence-electron chi connectivity index (χ2n) is 12.8. The van der Waals surface area contributed by atoms with Crippen molar-refractivity contribution < 1.29 is 38.2 Å². The van der Waals surface area contributed by atoms with Crippen molar-refractivity contribution in [2.24, 2.45) is 0 Å². The second kappa shape index (κ2) is 29.7. The fourth-order valence-electron chi connectivity index (χ4n) is 4.72. The molecule has 46 heavy (non-hydrogen) atoms. The van der Waals surface area contributed by atoms with Gasteiger partial charge in [0.1, 0.15) is 12.6 Å². The third-order valence-corrected chi connectivity index (χ3v) is 7.51. The predicted molar refractivity (Wildman–Crippen MR) is 185 cm³/mol. The van der Waals surface area contributed by atoms with Gasteiger partial charge in [-0.1, -0.05) is 101 Å². The molecule has 2 unspecified atom stereocenters. The van der Waals surface area contributed by atoms with Gasteiger partial charge in [-0.15, -0.1) is 0 Å². The topological polar surface area (TPSA) is 102 Å². The number of carbonyl (C=O) groups excluding carboxylic acids is 3. The lowest BCUT2D eigenvalue weighted by Crippen LogP contribution is -2.55. The molecule has 8 nitrogen and oxygen atoms in total. The molecule has 0 fully saturated rings. The van der Waals surface area contributed by atoms with E-state index in [9.17, 15) is 19.5 Å².